The number of carbonyl (C=O) groups is 3. The minimum absolute atomic E-state index is 0.00498. The van der Waals surface area contributed by atoms with Crippen LogP contribution in [0.3, 0.4) is 0 Å². The summed E-state index contributed by atoms with van der Waals surface area (Å²) in [4.78, 5) is 34.7. The molecular weight excluding hydrogens is 334 g/mol. The largest absolute Gasteiger partial charge is 0.456 e. The summed E-state index contributed by atoms with van der Waals surface area (Å²) >= 11 is 0. The number of ether oxygens (including phenoxy) is 1. The summed E-state index contributed by atoms with van der Waals surface area (Å²) < 4.78 is 31.0. The molecular formula is C17H22F2N2O4. The summed E-state index contributed by atoms with van der Waals surface area (Å²) in [6.45, 7) is 5.15. The van der Waals surface area contributed by atoms with Crippen LogP contribution in [-0.2, 0) is 14.3 Å². The average Bonchev–Trinajstić information content (AvgIpc) is 2.47. The first-order valence-electron chi connectivity index (χ1n) is 7.78. The van der Waals surface area contributed by atoms with E-state index in [9.17, 15) is 23.2 Å². The van der Waals surface area contributed by atoms with Crippen molar-refractivity contribution in [2.24, 2.45) is 0 Å². The average molecular weight is 356 g/mol. The van der Waals surface area contributed by atoms with Gasteiger partial charge in [0.2, 0.25) is 0 Å². The Morgan fingerprint density at radius 3 is 2.44 bits per heavy atom. The third-order valence-corrected chi connectivity index (χ3v) is 2.90. The zero-order chi connectivity index (χ0) is 19.0. The summed E-state index contributed by atoms with van der Waals surface area (Å²) in [6.07, 6.45) is 0.253. The number of benzene rings is 1. The molecule has 0 heterocycles. The Hall–Kier alpha value is -2.51. The molecule has 0 fully saturated rings. The lowest BCUT2D eigenvalue weighted by Crippen LogP contribution is -2.42. The summed E-state index contributed by atoms with van der Waals surface area (Å²) in [7, 11) is 0. The molecule has 1 aromatic carbocycles. The number of nitrogens with one attached hydrogen (secondary N) is 2. The normalized spacial score (nSPS) is 10.9. The number of halogens is 2. The predicted molar refractivity (Wildman–Crippen MR) is 86.8 cm³/mol. The summed E-state index contributed by atoms with van der Waals surface area (Å²) in [5, 5.41) is 5.07. The molecule has 0 aliphatic rings. The van der Waals surface area contributed by atoms with E-state index in [0.29, 0.717) is 6.07 Å². The maximum atomic E-state index is 13.4. The number of rotatable bonds is 7. The Balaban J connectivity index is 2.25. The smallest absolute Gasteiger partial charge is 0.306 e. The fourth-order valence-electron chi connectivity index (χ4n) is 1.88. The Morgan fingerprint density at radius 2 is 1.84 bits per heavy atom. The van der Waals surface area contributed by atoms with Gasteiger partial charge in [0, 0.05) is 24.6 Å². The molecule has 6 nitrogen and oxygen atoms in total. The summed E-state index contributed by atoms with van der Waals surface area (Å²) in [6, 6.07) is 2.65. The van der Waals surface area contributed by atoms with Crippen molar-refractivity contribution in [1.82, 2.24) is 10.6 Å². The number of carbonyl (C=O) groups excluding carboxylic acids is 3. The Labute approximate surface area is 144 Å². The number of hydrogen-bond donors (Lipinski definition) is 2. The van der Waals surface area contributed by atoms with E-state index in [1.165, 1.54) is 0 Å². The number of amides is 2. The van der Waals surface area contributed by atoms with Crippen LogP contribution in [0.1, 0.15) is 44.0 Å². The van der Waals surface area contributed by atoms with Crippen LogP contribution in [0.5, 0.6) is 0 Å². The zero-order valence-electron chi connectivity index (χ0n) is 14.4. The van der Waals surface area contributed by atoms with Gasteiger partial charge in [-0.3, -0.25) is 14.4 Å². The van der Waals surface area contributed by atoms with E-state index < -0.39 is 35.0 Å². The minimum Gasteiger partial charge on any atom is -0.456 e. The molecule has 0 aliphatic carbocycles. The second kappa shape index (κ2) is 9.10. The Morgan fingerprint density at radius 1 is 1.16 bits per heavy atom. The zero-order valence-corrected chi connectivity index (χ0v) is 14.4. The van der Waals surface area contributed by atoms with Crippen molar-refractivity contribution < 1.29 is 27.9 Å². The molecule has 0 saturated carbocycles. The van der Waals surface area contributed by atoms with Gasteiger partial charge >= 0.3 is 5.97 Å². The van der Waals surface area contributed by atoms with Crippen molar-refractivity contribution in [2.45, 2.75) is 39.2 Å². The van der Waals surface area contributed by atoms with Crippen molar-refractivity contribution in [3.63, 3.8) is 0 Å². The molecule has 0 spiro atoms. The van der Waals surface area contributed by atoms with Crippen molar-refractivity contribution >= 4 is 17.8 Å². The molecule has 8 heteroatoms. The van der Waals surface area contributed by atoms with Crippen LogP contribution in [0.25, 0.3) is 0 Å². The van der Waals surface area contributed by atoms with Gasteiger partial charge in [-0.25, -0.2) is 8.78 Å². The highest BCUT2D eigenvalue weighted by molar-refractivity contribution is 5.94. The lowest BCUT2D eigenvalue weighted by Gasteiger charge is -2.20. The highest BCUT2D eigenvalue weighted by Crippen LogP contribution is 2.09. The van der Waals surface area contributed by atoms with E-state index in [-0.39, 0.29) is 31.6 Å². The minimum atomic E-state index is -0.957. The lowest BCUT2D eigenvalue weighted by atomic mass is 10.1. The van der Waals surface area contributed by atoms with Crippen LogP contribution in [-0.4, -0.2) is 36.5 Å². The number of hydrogen-bond acceptors (Lipinski definition) is 4. The first-order valence-corrected chi connectivity index (χ1v) is 7.78. The van der Waals surface area contributed by atoms with E-state index >= 15 is 0 Å². The second-order valence-electron chi connectivity index (χ2n) is 6.44. The van der Waals surface area contributed by atoms with Crippen LogP contribution in [0.15, 0.2) is 18.2 Å². The number of esters is 1. The highest BCUT2D eigenvalue weighted by Gasteiger charge is 2.15. The van der Waals surface area contributed by atoms with Gasteiger partial charge in [-0.15, -0.1) is 0 Å². The van der Waals surface area contributed by atoms with Crippen LogP contribution < -0.4 is 10.6 Å². The van der Waals surface area contributed by atoms with Crippen molar-refractivity contribution in [2.75, 3.05) is 13.2 Å². The summed E-state index contributed by atoms with van der Waals surface area (Å²) in [5.74, 6) is -3.41. The molecule has 1 aromatic rings. The molecule has 1 rings (SSSR count). The SMILES string of the molecule is CC(C)(C)NC(=O)COC(=O)CCCNC(=O)c1ccc(F)cc1F. The predicted octanol–water partition coefficient (Wildman–Crippen LogP) is 1.93. The van der Waals surface area contributed by atoms with E-state index in [2.05, 4.69) is 10.6 Å². The Bertz CT molecular complexity index is 642. The first-order chi connectivity index (χ1) is 11.6. The van der Waals surface area contributed by atoms with Crippen molar-refractivity contribution in [3.8, 4) is 0 Å². The highest BCUT2D eigenvalue weighted by atomic mass is 19.1. The summed E-state index contributed by atoms with van der Waals surface area (Å²) in [5.41, 5.74) is -0.688. The van der Waals surface area contributed by atoms with Crippen molar-refractivity contribution in [1.29, 1.82) is 0 Å². The maximum Gasteiger partial charge on any atom is 0.306 e. The lowest BCUT2D eigenvalue weighted by molar-refractivity contribution is -0.149. The van der Waals surface area contributed by atoms with Gasteiger partial charge in [0.1, 0.15) is 11.6 Å². The van der Waals surface area contributed by atoms with Gasteiger partial charge in [0.25, 0.3) is 11.8 Å². The van der Waals surface area contributed by atoms with Crippen LogP contribution in [0.4, 0.5) is 8.78 Å². The fourth-order valence-corrected chi connectivity index (χ4v) is 1.88. The molecule has 0 unspecified atom stereocenters. The topological polar surface area (TPSA) is 84.5 Å². The first kappa shape index (κ1) is 20.5. The molecule has 2 N–H and O–H groups in total. The third kappa shape index (κ3) is 8.23. The van der Waals surface area contributed by atoms with Crippen molar-refractivity contribution in [3.05, 3.63) is 35.4 Å². The van der Waals surface area contributed by atoms with Gasteiger partial charge in [-0.05, 0) is 39.3 Å². The fraction of sp³-hybridized carbons (Fsp3) is 0.471. The van der Waals surface area contributed by atoms with Gasteiger partial charge < -0.3 is 15.4 Å². The molecule has 0 aliphatic heterocycles. The van der Waals surface area contributed by atoms with Crippen LogP contribution in [0, 0.1) is 11.6 Å². The van der Waals surface area contributed by atoms with Gasteiger partial charge in [0.05, 0.1) is 5.56 Å². The molecule has 2 amide bonds. The molecule has 138 valence electrons. The molecule has 0 bridgehead atoms. The van der Waals surface area contributed by atoms with Crippen LogP contribution in [0.2, 0.25) is 0 Å². The molecule has 0 atom stereocenters. The van der Waals surface area contributed by atoms with Crippen LogP contribution >= 0.6 is 0 Å². The Kier molecular flexibility index (Phi) is 7.47. The molecule has 0 saturated heterocycles. The van der Waals surface area contributed by atoms with E-state index in [1.807, 2.05) is 0 Å². The van der Waals surface area contributed by atoms with Gasteiger partial charge in [-0.1, -0.05) is 0 Å². The second-order valence-corrected chi connectivity index (χ2v) is 6.44. The van der Waals surface area contributed by atoms with E-state index in [0.717, 1.165) is 12.1 Å². The maximum absolute atomic E-state index is 13.4. The molecule has 25 heavy (non-hydrogen) atoms. The third-order valence-electron chi connectivity index (χ3n) is 2.90. The molecule has 0 aromatic heterocycles. The standard InChI is InChI=1S/C17H22F2N2O4/c1-17(2,3)21-14(22)10-25-15(23)5-4-8-20-16(24)12-7-6-11(18)9-13(12)19/h6-7,9H,4-5,8,10H2,1-3H3,(H,20,24)(H,21,22). The van der Waals surface area contributed by atoms with Gasteiger partial charge in [-0.2, -0.15) is 0 Å². The molecule has 0 radical (unpaired) electrons. The van der Waals surface area contributed by atoms with Gasteiger partial charge in [0.15, 0.2) is 6.61 Å². The van der Waals surface area contributed by atoms with E-state index in [4.69, 9.17) is 4.74 Å². The van der Waals surface area contributed by atoms with E-state index in [1.54, 1.807) is 20.8 Å². The quantitative estimate of drug-likeness (QED) is 0.578. The monoisotopic (exact) mass is 356 g/mol.